The van der Waals surface area contributed by atoms with Crippen molar-refractivity contribution < 1.29 is 9.47 Å². The van der Waals surface area contributed by atoms with Crippen LogP contribution in [0, 0.1) is 5.92 Å². The second kappa shape index (κ2) is 13.3. The summed E-state index contributed by atoms with van der Waals surface area (Å²) in [4.78, 5) is 12.3. The Hall–Kier alpha value is -1.26. The Labute approximate surface area is 205 Å². The lowest BCUT2D eigenvalue weighted by atomic mass is 9.99. The fourth-order valence-corrected chi connectivity index (χ4v) is 4.43. The lowest BCUT2D eigenvalue weighted by molar-refractivity contribution is 0.170. The molecular formula is C23H40IN5O2. The van der Waals surface area contributed by atoms with Crippen molar-refractivity contribution in [3.8, 4) is 11.5 Å². The van der Waals surface area contributed by atoms with E-state index in [-0.39, 0.29) is 24.0 Å². The van der Waals surface area contributed by atoms with E-state index in [2.05, 4.69) is 40.1 Å². The molecule has 3 rings (SSSR count). The van der Waals surface area contributed by atoms with Gasteiger partial charge in [0.15, 0.2) is 5.96 Å². The quantitative estimate of drug-likeness (QED) is 0.323. The summed E-state index contributed by atoms with van der Waals surface area (Å²) in [5, 5.41) is 3.51. The summed E-state index contributed by atoms with van der Waals surface area (Å²) in [6.07, 6.45) is 2.59. The van der Waals surface area contributed by atoms with Gasteiger partial charge in [-0.15, -0.1) is 24.0 Å². The van der Waals surface area contributed by atoms with E-state index in [9.17, 15) is 0 Å². The van der Waals surface area contributed by atoms with Crippen molar-refractivity contribution in [2.45, 2.75) is 26.3 Å². The van der Waals surface area contributed by atoms with Crippen LogP contribution in [-0.2, 0) is 6.54 Å². The SMILES string of the molecule is CCNC(=NCC1CCCN(C)C1)N1CCN(Cc2cc(OC)ccc2OC)CC1.I. The van der Waals surface area contributed by atoms with Gasteiger partial charge >= 0.3 is 0 Å². The molecule has 0 aliphatic carbocycles. The zero-order chi connectivity index (χ0) is 21.3. The molecule has 1 atom stereocenters. The Morgan fingerprint density at radius 1 is 1.13 bits per heavy atom. The Morgan fingerprint density at radius 2 is 1.90 bits per heavy atom. The van der Waals surface area contributed by atoms with Crippen LogP contribution in [-0.4, -0.2) is 94.3 Å². The summed E-state index contributed by atoms with van der Waals surface area (Å²) in [6, 6.07) is 6.02. The molecule has 7 nitrogen and oxygen atoms in total. The molecule has 2 aliphatic heterocycles. The summed E-state index contributed by atoms with van der Waals surface area (Å²) in [5.74, 6) is 3.55. The highest BCUT2D eigenvalue weighted by atomic mass is 127. The molecule has 0 amide bonds. The topological polar surface area (TPSA) is 52.6 Å². The summed E-state index contributed by atoms with van der Waals surface area (Å²) >= 11 is 0. The predicted octanol–water partition coefficient (Wildman–Crippen LogP) is 2.75. The van der Waals surface area contributed by atoms with Gasteiger partial charge in [0.1, 0.15) is 11.5 Å². The molecule has 176 valence electrons. The number of benzene rings is 1. The fourth-order valence-electron chi connectivity index (χ4n) is 4.43. The smallest absolute Gasteiger partial charge is 0.194 e. The third kappa shape index (κ3) is 7.68. The first kappa shape index (κ1) is 26.0. The van der Waals surface area contributed by atoms with Crippen LogP contribution in [0.15, 0.2) is 23.2 Å². The zero-order valence-corrected chi connectivity index (χ0v) is 21.9. The van der Waals surface area contributed by atoms with Gasteiger partial charge in [0.25, 0.3) is 0 Å². The molecular weight excluding hydrogens is 505 g/mol. The molecule has 2 fully saturated rings. The van der Waals surface area contributed by atoms with E-state index < -0.39 is 0 Å². The van der Waals surface area contributed by atoms with Crippen LogP contribution in [0.25, 0.3) is 0 Å². The number of guanidine groups is 1. The average Bonchev–Trinajstić information content (AvgIpc) is 2.77. The standard InChI is InChI=1S/C23H39N5O2.HI/c1-5-24-23(25-16-19-7-6-10-26(2)17-19)28-13-11-27(12-14-28)18-20-15-21(29-3)8-9-22(20)30-4;/h8-9,15,19H,5-7,10-14,16-18H2,1-4H3,(H,24,25);1H. The van der Waals surface area contributed by atoms with Gasteiger partial charge in [0.05, 0.1) is 14.2 Å². The highest BCUT2D eigenvalue weighted by Crippen LogP contribution is 2.25. The Balaban J connectivity index is 0.00000341. The maximum Gasteiger partial charge on any atom is 0.194 e. The Kier molecular flexibility index (Phi) is 11.2. The molecule has 0 bridgehead atoms. The number of rotatable bonds is 7. The van der Waals surface area contributed by atoms with Crippen molar-refractivity contribution in [3.05, 3.63) is 23.8 Å². The van der Waals surface area contributed by atoms with E-state index in [4.69, 9.17) is 14.5 Å². The van der Waals surface area contributed by atoms with Crippen LogP contribution in [0.1, 0.15) is 25.3 Å². The minimum absolute atomic E-state index is 0. The lowest BCUT2D eigenvalue weighted by Gasteiger charge is -2.37. The van der Waals surface area contributed by atoms with E-state index in [0.717, 1.165) is 63.3 Å². The third-order valence-electron chi connectivity index (χ3n) is 6.11. The zero-order valence-electron chi connectivity index (χ0n) is 19.6. The van der Waals surface area contributed by atoms with Gasteiger partial charge < -0.3 is 24.6 Å². The van der Waals surface area contributed by atoms with Crippen LogP contribution in [0.5, 0.6) is 11.5 Å². The number of methoxy groups -OCH3 is 2. The molecule has 31 heavy (non-hydrogen) atoms. The summed E-state index contributed by atoms with van der Waals surface area (Å²) in [7, 11) is 5.65. The lowest BCUT2D eigenvalue weighted by Crippen LogP contribution is -2.52. The average molecular weight is 546 g/mol. The molecule has 8 heteroatoms. The van der Waals surface area contributed by atoms with E-state index in [1.807, 2.05) is 12.1 Å². The monoisotopic (exact) mass is 545 g/mol. The number of nitrogens with zero attached hydrogens (tertiary/aromatic N) is 4. The second-order valence-corrected chi connectivity index (χ2v) is 8.41. The second-order valence-electron chi connectivity index (χ2n) is 8.41. The van der Waals surface area contributed by atoms with Crippen molar-refractivity contribution in [2.75, 3.05) is 73.6 Å². The van der Waals surface area contributed by atoms with Crippen molar-refractivity contribution >= 4 is 29.9 Å². The van der Waals surface area contributed by atoms with Gasteiger partial charge in [0.2, 0.25) is 0 Å². The minimum atomic E-state index is 0. The molecule has 2 heterocycles. The maximum absolute atomic E-state index is 5.55. The van der Waals surface area contributed by atoms with E-state index in [0.29, 0.717) is 5.92 Å². The summed E-state index contributed by atoms with van der Waals surface area (Å²) in [5.41, 5.74) is 1.17. The number of piperazine rings is 1. The van der Waals surface area contributed by atoms with Gasteiger partial charge in [-0.3, -0.25) is 9.89 Å². The highest BCUT2D eigenvalue weighted by Gasteiger charge is 2.22. The molecule has 0 radical (unpaired) electrons. The van der Waals surface area contributed by atoms with Crippen molar-refractivity contribution in [2.24, 2.45) is 10.9 Å². The molecule has 2 aliphatic rings. The molecule has 0 spiro atoms. The number of halogens is 1. The van der Waals surface area contributed by atoms with Crippen LogP contribution in [0.3, 0.4) is 0 Å². The molecule has 0 aromatic heterocycles. The maximum atomic E-state index is 5.55. The van der Waals surface area contributed by atoms with Crippen LogP contribution in [0.2, 0.25) is 0 Å². The van der Waals surface area contributed by atoms with Crippen molar-refractivity contribution in [1.82, 2.24) is 20.0 Å². The van der Waals surface area contributed by atoms with Crippen molar-refractivity contribution in [3.63, 3.8) is 0 Å². The van der Waals surface area contributed by atoms with Gasteiger partial charge in [-0.1, -0.05) is 0 Å². The molecule has 1 aromatic rings. The number of hydrogen-bond donors (Lipinski definition) is 1. The number of nitrogens with one attached hydrogen (secondary N) is 1. The first-order chi connectivity index (χ1) is 14.6. The number of aliphatic imine (C=N–C) groups is 1. The number of hydrogen-bond acceptors (Lipinski definition) is 5. The van der Waals surface area contributed by atoms with Crippen molar-refractivity contribution in [1.29, 1.82) is 0 Å². The molecule has 1 unspecified atom stereocenters. The van der Waals surface area contributed by atoms with E-state index in [1.165, 1.54) is 31.5 Å². The van der Waals surface area contributed by atoms with Crippen LogP contribution < -0.4 is 14.8 Å². The first-order valence-electron chi connectivity index (χ1n) is 11.3. The minimum Gasteiger partial charge on any atom is -0.497 e. The third-order valence-corrected chi connectivity index (χ3v) is 6.11. The number of ether oxygens (including phenoxy) is 2. The van der Waals surface area contributed by atoms with Gasteiger partial charge in [-0.2, -0.15) is 0 Å². The molecule has 0 saturated carbocycles. The number of piperidine rings is 1. The van der Waals surface area contributed by atoms with Gasteiger partial charge in [-0.25, -0.2) is 0 Å². The number of likely N-dealkylation sites (tertiary alicyclic amines) is 1. The first-order valence-corrected chi connectivity index (χ1v) is 11.3. The predicted molar refractivity (Wildman–Crippen MR) is 138 cm³/mol. The largest absolute Gasteiger partial charge is 0.497 e. The highest BCUT2D eigenvalue weighted by molar-refractivity contribution is 14.0. The summed E-state index contributed by atoms with van der Waals surface area (Å²) in [6.45, 7) is 11.2. The molecule has 1 aromatic carbocycles. The Bertz CT molecular complexity index is 695. The van der Waals surface area contributed by atoms with Crippen LogP contribution >= 0.6 is 24.0 Å². The fraction of sp³-hybridized carbons (Fsp3) is 0.696. The summed E-state index contributed by atoms with van der Waals surface area (Å²) < 4.78 is 10.9. The molecule has 1 N–H and O–H groups in total. The Morgan fingerprint density at radius 3 is 2.55 bits per heavy atom. The van der Waals surface area contributed by atoms with Crippen LogP contribution in [0.4, 0.5) is 0 Å². The molecule has 2 saturated heterocycles. The van der Waals surface area contributed by atoms with E-state index >= 15 is 0 Å². The normalized spacial score (nSPS) is 20.8. The van der Waals surface area contributed by atoms with E-state index in [1.54, 1.807) is 14.2 Å². The van der Waals surface area contributed by atoms with Gasteiger partial charge in [-0.05, 0) is 57.5 Å². The van der Waals surface area contributed by atoms with Gasteiger partial charge in [0, 0.05) is 57.9 Å².